The normalized spacial score (nSPS) is 9.45. The standard InChI is InChI=1S/C15H18N2O3/c1-4-8-16-15(19)13-10-12(17-11(3)18)6-7-14(13)20-9-5-2/h4-7,10H,1-2,8-9H2,3H3,(H,16,19)(H,17,18). The predicted molar refractivity (Wildman–Crippen MR) is 79.0 cm³/mol. The Balaban J connectivity index is 3.04. The summed E-state index contributed by atoms with van der Waals surface area (Å²) in [6.45, 7) is 9.15. The summed E-state index contributed by atoms with van der Waals surface area (Å²) >= 11 is 0. The van der Waals surface area contributed by atoms with Crippen molar-refractivity contribution in [1.82, 2.24) is 5.32 Å². The average molecular weight is 274 g/mol. The second-order valence-corrected chi connectivity index (χ2v) is 3.99. The van der Waals surface area contributed by atoms with Crippen molar-refractivity contribution in [3.8, 4) is 5.75 Å². The minimum absolute atomic E-state index is 0.206. The van der Waals surface area contributed by atoms with E-state index >= 15 is 0 Å². The lowest BCUT2D eigenvalue weighted by Crippen LogP contribution is -2.24. The molecule has 0 unspecified atom stereocenters. The van der Waals surface area contributed by atoms with Gasteiger partial charge in [-0.1, -0.05) is 18.7 Å². The molecule has 0 fully saturated rings. The molecule has 0 aromatic heterocycles. The fourth-order valence-electron chi connectivity index (χ4n) is 1.52. The minimum atomic E-state index is -0.295. The number of carbonyl (C=O) groups is 2. The summed E-state index contributed by atoms with van der Waals surface area (Å²) in [5.41, 5.74) is 0.882. The second-order valence-electron chi connectivity index (χ2n) is 3.99. The molecule has 20 heavy (non-hydrogen) atoms. The summed E-state index contributed by atoms with van der Waals surface area (Å²) < 4.78 is 5.43. The van der Waals surface area contributed by atoms with E-state index in [1.54, 1.807) is 30.4 Å². The summed E-state index contributed by atoms with van der Waals surface area (Å²) in [6, 6.07) is 4.87. The van der Waals surface area contributed by atoms with Gasteiger partial charge >= 0.3 is 0 Å². The molecule has 1 rings (SSSR count). The SMILES string of the molecule is C=CCNC(=O)c1cc(NC(C)=O)ccc1OCC=C. The molecule has 0 saturated heterocycles. The first kappa shape index (κ1) is 15.5. The number of hydrogen-bond donors (Lipinski definition) is 2. The highest BCUT2D eigenvalue weighted by Crippen LogP contribution is 2.23. The largest absolute Gasteiger partial charge is 0.489 e. The van der Waals surface area contributed by atoms with E-state index in [0.717, 1.165) is 0 Å². The summed E-state index contributed by atoms with van der Waals surface area (Å²) in [5.74, 6) is -0.0704. The van der Waals surface area contributed by atoms with Gasteiger partial charge in [0.05, 0.1) is 5.56 Å². The van der Waals surface area contributed by atoms with Crippen LogP contribution in [0.3, 0.4) is 0 Å². The summed E-state index contributed by atoms with van der Waals surface area (Å²) in [4.78, 5) is 23.1. The van der Waals surface area contributed by atoms with Crippen LogP contribution in [0.15, 0.2) is 43.5 Å². The maximum absolute atomic E-state index is 12.0. The summed E-state index contributed by atoms with van der Waals surface area (Å²) in [6.07, 6.45) is 3.17. The lowest BCUT2D eigenvalue weighted by Gasteiger charge is -2.12. The zero-order chi connectivity index (χ0) is 15.0. The number of nitrogens with one attached hydrogen (secondary N) is 2. The Labute approximate surface area is 118 Å². The van der Waals surface area contributed by atoms with Crippen LogP contribution >= 0.6 is 0 Å². The number of ether oxygens (including phenoxy) is 1. The van der Waals surface area contributed by atoms with E-state index in [0.29, 0.717) is 30.2 Å². The molecule has 0 bridgehead atoms. The van der Waals surface area contributed by atoms with Crippen LogP contribution in [0.1, 0.15) is 17.3 Å². The van der Waals surface area contributed by atoms with E-state index in [4.69, 9.17) is 4.74 Å². The molecule has 5 heteroatoms. The highest BCUT2D eigenvalue weighted by molar-refractivity contribution is 5.99. The Bertz CT molecular complexity index is 524. The molecule has 5 nitrogen and oxygen atoms in total. The molecule has 1 aromatic rings. The van der Waals surface area contributed by atoms with Crippen molar-refractivity contribution in [3.05, 3.63) is 49.1 Å². The fourth-order valence-corrected chi connectivity index (χ4v) is 1.52. The van der Waals surface area contributed by atoms with E-state index < -0.39 is 0 Å². The Morgan fingerprint density at radius 1 is 1.30 bits per heavy atom. The maximum Gasteiger partial charge on any atom is 0.255 e. The van der Waals surface area contributed by atoms with Crippen LogP contribution in [0.25, 0.3) is 0 Å². The quantitative estimate of drug-likeness (QED) is 0.748. The van der Waals surface area contributed by atoms with Gasteiger partial charge in [0.25, 0.3) is 5.91 Å². The highest BCUT2D eigenvalue weighted by atomic mass is 16.5. The van der Waals surface area contributed by atoms with Gasteiger partial charge in [0.2, 0.25) is 5.91 Å². The first-order chi connectivity index (χ1) is 9.58. The van der Waals surface area contributed by atoms with Crippen molar-refractivity contribution in [1.29, 1.82) is 0 Å². The van der Waals surface area contributed by atoms with Crippen LogP contribution in [0.5, 0.6) is 5.75 Å². The molecule has 106 valence electrons. The number of benzene rings is 1. The van der Waals surface area contributed by atoms with Gasteiger partial charge in [0, 0.05) is 19.2 Å². The van der Waals surface area contributed by atoms with Crippen LogP contribution in [-0.4, -0.2) is 25.0 Å². The number of hydrogen-bond acceptors (Lipinski definition) is 3. The maximum atomic E-state index is 12.0. The fraction of sp³-hybridized carbons (Fsp3) is 0.200. The van der Waals surface area contributed by atoms with Crippen molar-refractivity contribution < 1.29 is 14.3 Å². The van der Waals surface area contributed by atoms with Gasteiger partial charge in [-0.3, -0.25) is 9.59 Å². The summed E-state index contributed by atoms with van der Waals surface area (Å²) in [7, 11) is 0. The third-order valence-electron chi connectivity index (χ3n) is 2.31. The van der Waals surface area contributed by atoms with Gasteiger partial charge in [-0.05, 0) is 18.2 Å². The van der Waals surface area contributed by atoms with Crippen LogP contribution in [0.2, 0.25) is 0 Å². The Hall–Kier alpha value is -2.56. The predicted octanol–water partition coefficient (Wildman–Crippen LogP) is 2.13. The lowest BCUT2D eigenvalue weighted by atomic mass is 10.1. The zero-order valence-electron chi connectivity index (χ0n) is 11.4. The van der Waals surface area contributed by atoms with Crippen molar-refractivity contribution in [2.45, 2.75) is 6.92 Å². The molecule has 0 spiro atoms. The molecular formula is C15H18N2O3. The van der Waals surface area contributed by atoms with E-state index in [2.05, 4.69) is 23.8 Å². The van der Waals surface area contributed by atoms with Gasteiger partial charge in [-0.2, -0.15) is 0 Å². The van der Waals surface area contributed by atoms with Gasteiger partial charge in [0.1, 0.15) is 12.4 Å². The van der Waals surface area contributed by atoms with Crippen molar-refractivity contribution >= 4 is 17.5 Å². The van der Waals surface area contributed by atoms with Gasteiger partial charge in [0.15, 0.2) is 0 Å². The van der Waals surface area contributed by atoms with Crippen LogP contribution in [0.4, 0.5) is 5.69 Å². The van der Waals surface area contributed by atoms with E-state index in [-0.39, 0.29) is 11.8 Å². The number of carbonyl (C=O) groups excluding carboxylic acids is 2. The topological polar surface area (TPSA) is 67.4 Å². The summed E-state index contributed by atoms with van der Waals surface area (Å²) in [5, 5.41) is 5.30. The smallest absolute Gasteiger partial charge is 0.255 e. The lowest BCUT2D eigenvalue weighted by molar-refractivity contribution is -0.114. The van der Waals surface area contributed by atoms with E-state index in [9.17, 15) is 9.59 Å². The molecule has 0 aliphatic heterocycles. The molecule has 1 aromatic carbocycles. The van der Waals surface area contributed by atoms with E-state index in [1.165, 1.54) is 6.92 Å². The van der Waals surface area contributed by atoms with E-state index in [1.807, 2.05) is 0 Å². The molecule has 2 N–H and O–H groups in total. The number of anilines is 1. The Morgan fingerprint density at radius 2 is 2.05 bits per heavy atom. The zero-order valence-corrected chi connectivity index (χ0v) is 11.4. The number of rotatable bonds is 7. The minimum Gasteiger partial charge on any atom is -0.489 e. The molecule has 0 aliphatic carbocycles. The Kier molecular flexibility index (Phi) is 6.03. The third-order valence-corrected chi connectivity index (χ3v) is 2.31. The average Bonchev–Trinajstić information content (AvgIpc) is 2.42. The first-order valence-corrected chi connectivity index (χ1v) is 6.13. The van der Waals surface area contributed by atoms with Crippen molar-refractivity contribution in [2.75, 3.05) is 18.5 Å². The van der Waals surface area contributed by atoms with Crippen LogP contribution < -0.4 is 15.4 Å². The number of amides is 2. The second kappa shape index (κ2) is 7.78. The molecular weight excluding hydrogens is 256 g/mol. The Morgan fingerprint density at radius 3 is 2.65 bits per heavy atom. The molecule has 2 amide bonds. The van der Waals surface area contributed by atoms with Crippen LogP contribution in [0, 0.1) is 0 Å². The first-order valence-electron chi connectivity index (χ1n) is 6.13. The molecule has 0 saturated carbocycles. The molecule has 0 heterocycles. The van der Waals surface area contributed by atoms with Crippen LogP contribution in [-0.2, 0) is 4.79 Å². The molecule has 0 atom stereocenters. The van der Waals surface area contributed by atoms with Gasteiger partial charge in [-0.25, -0.2) is 0 Å². The van der Waals surface area contributed by atoms with Crippen molar-refractivity contribution in [2.24, 2.45) is 0 Å². The van der Waals surface area contributed by atoms with Gasteiger partial charge in [-0.15, -0.1) is 6.58 Å². The highest BCUT2D eigenvalue weighted by Gasteiger charge is 2.13. The monoisotopic (exact) mass is 274 g/mol. The van der Waals surface area contributed by atoms with Gasteiger partial charge < -0.3 is 15.4 Å². The third kappa shape index (κ3) is 4.61. The van der Waals surface area contributed by atoms with Crippen molar-refractivity contribution in [3.63, 3.8) is 0 Å². The molecule has 0 aliphatic rings. The molecule has 0 radical (unpaired) electrons.